The molecule has 21 heavy (non-hydrogen) atoms. The summed E-state index contributed by atoms with van der Waals surface area (Å²) in [4.78, 5) is 12.2. The maximum Gasteiger partial charge on any atom is 0.258 e. The highest BCUT2D eigenvalue weighted by molar-refractivity contribution is 7.11. The van der Waals surface area contributed by atoms with Crippen molar-refractivity contribution in [1.29, 1.82) is 0 Å². The van der Waals surface area contributed by atoms with E-state index >= 15 is 0 Å². The van der Waals surface area contributed by atoms with Crippen molar-refractivity contribution in [1.82, 2.24) is 9.69 Å². The summed E-state index contributed by atoms with van der Waals surface area (Å²) in [5.74, 6) is 0.775. The number of nitrogens with zero attached hydrogens (tertiary/aromatic N) is 1. The van der Waals surface area contributed by atoms with Crippen LogP contribution in [0.4, 0.5) is 10.8 Å². The number of anilines is 2. The number of carbonyl (C=O) groups is 1. The first kappa shape index (κ1) is 17.8. The molecule has 0 aliphatic carbocycles. The fourth-order valence-corrected chi connectivity index (χ4v) is 2.87. The molecule has 6 heteroatoms. The van der Waals surface area contributed by atoms with Crippen molar-refractivity contribution in [3.8, 4) is 0 Å². The van der Waals surface area contributed by atoms with Gasteiger partial charge >= 0.3 is 0 Å². The van der Waals surface area contributed by atoms with Crippen LogP contribution in [0, 0.1) is 5.92 Å². The van der Waals surface area contributed by atoms with Crippen molar-refractivity contribution in [2.24, 2.45) is 5.92 Å². The third-order valence-corrected chi connectivity index (χ3v) is 4.28. The molecule has 0 aliphatic heterocycles. The Hall–Kier alpha value is -1.30. The van der Waals surface area contributed by atoms with Crippen molar-refractivity contribution in [3.63, 3.8) is 0 Å². The van der Waals surface area contributed by atoms with Gasteiger partial charge in [0, 0.05) is 12.6 Å². The van der Waals surface area contributed by atoms with Crippen molar-refractivity contribution >= 4 is 28.3 Å². The van der Waals surface area contributed by atoms with Crippen LogP contribution >= 0.6 is 11.5 Å². The third kappa shape index (κ3) is 5.53. The Morgan fingerprint density at radius 1 is 1.38 bits per heavy atom. The predicted molar refractivity (Wildman–Crippen MR) is 90.9 cm³/mol. The Bertz CT molecular complexity index is 445. The predicted octanol–water partition coefficient (Wildman–Crippen LogP) is 3.49. The van der Waals surface area contributed by atoms with Crippen LogP contribution in [0.2, 0.25) is 0 Å². The molecule has 1 unspecified atom stereocenters. The lowest BCUT2D eigenvalue weighted by atomic mass is 9.99. The minimum absolute atomic E-state index is 0.0811. The van der Waals surface area contributed by atoms with E-state index in [0.29, 0.717) is 17.3 Å². The lowest BCUT2D eigenvalue weighted by Gasteiger charge is -2.16. The van der Waals surface area contributed by atoms with Crippen molar-refractivity contribution < 1.29 is 4.79 Å². The summed E-state index contributed by atoms with van der Waals surface area (Å²) in [5.41, 5.74) is 6.32. The van der Waals surface area contributed by atoms with Gasteiger partial charge in [0.05, 0.1) is 0 Å². The number of nitrogen functional groups attached to an aromatic ring is 1. The quantitative estimate of drug-likeness (QED) is 0.652. The van der Waals surface area contributed by atoms with Crippen LogP contribution in [-0.2, 0) is 0 Å². The minimum atomic E-state index is -0.152. The van der Waals surface area contributed by atoms with Gasteiger partial charge < -0.3 is 16.4 Å². The fraction of sp³-hybridized carbons (Fsp3) is 0.733. The van der Waals surface area contributed by atoms with E-state index in [4.69, 9.17) is 5.73 Å². The van der Waals surface area contributed by atoms with E-state index in [1.165, 1.54) is 30.8 Å². The molecule has 5 nitrogen and oxygen atoms in total. The Balaban J connectivity index is 2.69. The maximum absolute atomic E-state index is 12.2. The third-order valence-electron chi connectivity index (χ3n) is 3.46. The van der Waals surface area contributed by atoms with Gasteiger partial charge in [-0.05, 0) is 37.7 Å². The van der Waals surface area contributed by atoms with E-state index in [9.17, 15) is 4.79 Å². The molecule has 1 aromatic rings. The van der Waals surface area contributed by atoms with E-state index in [-0.39, 0.29) is 11.9 Å². The van der Waals surface area contributed by atoms with Gasteiger partial charge in [0.15, 0.2) is 5.82 Å². The molecule has 0 bridgehead atoms. The molecular weight excluding hydrogens is 284 g/mol. The molecule has 1 rings (SSSR count). The Labute approximate surface area is 131 Å². The first-order valence-corrected chi connectivity index (χ1v) is 8.56. The van der Waals surface area contributed by atoms with E-state index < -0.39 is 0 Å². The second-order valence-electron chi connectivity index (χ2n) is 5.70. The number of nitrogens with two attached hydrogens (primary N) is 1. The Morgan fingerprint density at radius 2 is 2.10 bits per heavy atom. The van der Waals surface area contributed by atoms with E-state index in [1.807, 2.05) is 13.8 Å². The monoisotopic (exact) mass is 312 g/mol. The van der Waals surface area contributed by atoms with Gasteiger partial charge in [-0.25, -0.2) is 0 Å². The average molecular weight is 312 g/mol. The van der Waals surface area contributed by atoms with Crippen LogP contribution in [0.1, 0.15) is 63.7 Å². The summed E-state index contributed by atoms with van der Waals surface area (Å²) in [5, 5.41) is 7.01. The smallest absolute Gasteiger partial charge is 0.258 e. The van der Waals surface area contributed by atoms with Crippen LogP contribution in [-0.4, -0.2) is 22.9 Å². The zero-order chi connectivity index (χ0) is 15.8. The largest absolute Gasteiger partial charge is 0.382 e. The molecule has 0 radical (unpaired) electrons. The number of nitrogens with one attached hydrogen (secondary N) is 2. The normalized spacial score (nSPS) is 12.4. The lowest BCUT2D eigenvalue weighted by molar-refractivity contribution is 0.0945. The minimum Gasteiger partial charge on any atom is -0.382 e. The summed E-state index contributed by atoms with van der Waals surface area (Å²) in [6.45, 7) is 9.13. The fourth-order valence-electron chi connectivity index (χ4n) is 2.16. The molecule has 4 N–H and O–H groups in total. The van der Waals surface area contributed by atoms with Crippen LogP contribution in [0.3, 0.4) is 0 Å². The van der Waals surface area contributed by atoms with Gasteiger partial charge in [0.2, 0.25) is 0 Å². The molecule has 1 aromatic heterocycles. The van der Waals surface area contributed by atoms with Crippen LogP contribution in [0.15, 0.2) is 0 Å². The van der Waals surface area contributed by atoms with Gasteiger partial charge in [-0.15, -0.1) is 0 Å². The number of unbranched alkanes of at least 4 members (excludes halogenated alkanes) is 1. The van der Waals surface area contributed by atoms with Gasteiger partial charge in [-0.3, -0.25) is 4.79 Å². The van der Waals surface area contributed by atoms with Crippen LogP contribution < -0.4 is 16.4 Å². The zero-order valence-corrected chi connectivity index (χ0v) is 14.3. The van der Waals surface area contributed by atoms with Gasteiger partial charge in [0.1, 0.15) is 10.6 Å². The van der Waals surface area contributed by atoms with E-state index in [2.05, 4.69) is 28.9 Å². The molecule has 1 amide bonds. The van der Waals surface area contributed by atoms with Crippen LogP contribution in [0.25, 0.3) is 0 Å². The lowest BCUT2D eigenvalue weighted by Crippen LogP contribution is -2.31. The summed E-state index contributed by atoms with van der Waals surface area (Å²) >= 11 is 1.26. The first-order chi connectivity index (χ1) is 9.99. The Morgan fingerprint density at radius 3 is 2.67 bits per heavy atom. The highest BCUT2D eigenvalue weighted by Crippen LogP contribution is 2.27. The van der Waals surface area contributed by atoms with Crippen molar-refractivity contribution in [2.75, 3.05) is 17.6 Å². The zero-order valence-electron chi connectivity index (χ0n) is 13.5. The highest BCUT2D eigenvalue weighted by Gasteiger charge is 2.20. The number of aromatic nitrogens is 1. The van der Waals surface area contributed by atoms with Gasteiger partial charge in [-0.1, -0.05) is 33.1 Å². The summed E-state index contributed by atoms with van der Waals surface area (Å²) < 4.78 is 4.11. The topological polar surface area (TPSA) is 80.0 Å². The van der Waals surface area contributed by atoms with Gasteiger partial charge in [-0.2, -0.15) is 4.37 Å². The SMILES string of the molecule is CCCCC(CC)CNc1snc(N)c1C(=O)NC(C)C. The molecule has 0 aromatic carbocycles. The number of hydrogen-bond donors (Lipinski definition) is 3. The average Bonchev–Trinajstić information content (AvgIpc) is 2.79. The molecule has 0 saturated carbocycles. The molecule has 0 spiro atoms. The van der Waals surface area contributed by atoms with Gasteiger partial charge in [0.25, 0.3) is 5.91 Å². The first-order valence-electron chi connectivity index (χ1n) is 7.79. The summed E-state index contributed by atoms with van der Waals surface area (Å²) in [6.07, 6.45) is 4.80. The highest BCUT2D eigenvalue weighted by atomic mass is 32.1. The summed E-state index contributed by atoms with van der Waals surface area (Å²) in [6, 6.07) is 0.0811. The van der Waals surface area contributed by atoms with E-state index in [1.54, 1.807) is 0 Å². The number of rotatable bonds is 9. The Kier molecular flexibility index (Phi) is 7.50. The molecule has 1 heterocycles. The molecule has 120 valence electrons. The van der Waals surface area contributed by atoms with E-state index in [0.717, 1.165) is 18.0 Å². The summed E-state index contributed by atoms with van der Waals surface area (Å²) in [7, 11) is 0. The van der Waals surface area contributed by atoms with Crippen molar-refractivity contribution in [2.45, 2.75) is 59.4 Å². The molecule has 0 aliphatic rings. The second-order valence-corrected chi connectivity index (χ2v) is 6.47. The molecular formula is C15H28N4OS. The van der Waals surface area contributed by atoms with Crippen LogP contribution in [0.5, 0.6) is 0 Å². The number of carbonyl (C=O) groups excluding carboxylic acids is 1. The standard InChI is InChI=1S/C15H28N4OS/c1-5-7-8-11(6-2)9-17-15-12(13(16)19-21-15)14(20)18-10(3)4/h10-11,17H,5-9H2,1-4H3,(H2,16,19)(H,18,20). The number of hydrogen-bond acceptors (Lipinski definition) is 5. The maximum atomic E-state index is 12.2. The molecule has 1 atom stereocenters. The molecule has 0 saturated heterocycles. The molecule has 0 fully saturated rings. The second kappa shape index (κ2) is 8.87. The number of amides is 1. The van der Waals surface area contributed by atoms with Crippen molar-refractivity contribution in [3.05, 3.63) is 5.56 Å².